The fourth-order valence-electron chi connectivity index (χ4n) is 4.51. The number of hydrogen-bond donors (Lipinski definition) is 1. The molecule has 4 aromatic rings. The molecule has 27 heavy (non-hydrogen) atoms. The number of pyridine rings is 2. The number of hydrogen-bond acceptors (Lipinski definition) is 3. The van der Waals surface area contributed by atoms with Gasteiger partial charge in [-0.2, -0.15) is 5.10 Å². The summed E-state index contributed by atoms with van der Waals surface area (Å²) in [6, 6.07) is 4.12. The van der Waals surface area contributed by atoms with Gasteiger partial charge in [0.2, 0.25) is 0 Å². The number of H-pyrrole nitrogens is 1. The molecule has 0 radical (unpaired) electrons. The number of fused-ring (bicyclic) bond motifs is 3. The van der Waals surface area contributed by atoms with Crippen LogP contribution in [0.15, 0.2) is 47.9 Å². The molecule has 1 fully saturated rings. The van der Waals surface area contributed by atoms with E-state index in [0.717, 1.165) is 35.9 Å². The molecule has 6 heteroatoms. The fraction of sp³-hybridized carbons (Fsp3) is 0.381. The Bertz CT molecular complexity index is 1160. The van der Waals surface area contributed by atoms with E-state index in [-0.39, 0.29) is 5.43 Å². The van der Waals surface area contributed by atoms with Crippen molar-refractivity contribution in [1.29, 1.82) is 0 Å². The summed E-state index contributed by atoms with van der Waals surface area (Å²) in [6.07, 6.45) is 14.2. The molecule has 6 nitrogen and oxygen atoms in total. The van der Waals surface area contributed by atoms with Gasteiger partial charge < -0.3 is 9.55 Å². The summed E-state index contributed by atoms with van der Waals surface area (Å²) >= 11 is 0. The number of aromatic amines is 1. The quantitative estimate of drug-likeness (QED) is 0.603. The molecule has 0 spiro atoms. The zero-order chi connectivity index (χ0) is 18.4. The second-order valence-corrected chi connectivity index (χ2v) is 7.76. The maximum absolute atomic E-state index is 12.4. The molecule has 4 aromatic heterocycles. The van der Waals surface area contributed by atoms with Crippen LogP contribution in [0, 0.1) is 12.8 Å². The van der Waals surface area contributed by atoms with Crippen molar-refractivity contribution in [3.8, 4) is 0 Å². The van der Waals surface area contributed by atoms with Crippen molar-refractivity contribution in [2.45, 2.75) is 45.2 Å². The van der Waals surface area contributed by atoms with Crippen LogP contribution in [0.25, 0.3) is 21.9 Å². The molecular formula is C21H23N5O. The van der Waals surface area contributed by atoms with Crippen molar-refractivity contribution in [3.05, 3.63) is 58.9 Å². The van der Waals surface area contributed by atoms with E-state index < -0.39 is 0 Å². The van der Waals surface area contributed by atoms with Crippen LogP contribution in [0.1, 0.15) is 37.3 Å². The summed E-state index contributed by atoms with van der Waals surface area (Å²) in [5, 5.41) is 6.17. The summed E-state index contributed by atoms with van der Waals surface area (Å²) in [6.45, 7) is 3.08. The summed E-state index contributed by atoms with van der Waals surface area (Å²) in [4.78, 5) is 19.9. The van der Waals surface area contributed by atoms with Crippen LogP contribution in [0.4, 0.5) is 0 Å². The number of nitrogens with zero attached hydrogens (tertiary/aromatic N) is 4. The smallest absolute Gasteiger partial charge is 0.190 e. The first-order valence-corrected chi connectivity index (χ1v) is 9.65. The molecule has 0 saturated heterocycles. The van der Waals surface area contributed by atoms with Gasteiger partial charge in [0.1, 0.15) is 5.65 Å². The topological polar surface area (TPSA) is 68.5 Å². The lowest BCUT2D eigenvalue weighted by Crippen LogP contribution is -2.23. The first-order valence-electron chi connectivity index (χ1n) is 9.65. The minimum atomic E-state index is 0.0413. The van der Waals surface area contributed by atoms with E-state index in [1.165, 1.54) is 18.4 Å². The number of rotatable bonds is 3. The highest BCUT2D eigenvalue weighted by Gasteiger charge is 2.24. The zero-order valence-corrected chi connectivity index (χ0v) is 15.4. The molecule has 1 saturated carbocycles. The average Bonchev–Trinajstić information content (AvgIpc) is 3.31. The highest BCUT2D eigenvalue weighted by Crippen LogP contribution is 2.35. The normalized spacial score (nSPS) is 20.5. The molecule has 0 unspecified atom stereocenters. The third-order valence-electron chi connectivity index (χ3n) is 5.89. The molecule has 5 rings (SSSR count). The van der Waals surface area contributed by atoms with E-state index >= 15 is 0 Å². The Kier molecular flexibility index (Phi) is 3.85. The van der Waals surface area contributed by atoms with E-state index in [9.17, 15) is 4.79 Å². The molecule has 0 amide bonds. The van der Waals surface area contributed by atoms with E-state index in [2.05, 4.69) is 37.4 Å². The summed E-state index contributed by atoms with van der Waals surface area (Å²) < 4.78 is 4.38. The Hall–Kier alpha value is -2.89. The van der Waals surface area contributed by atoms with Crippen LogP contribution < -0.4 is 5.43 Å². The van der Waals surface area contributed by atoms with Crippen molar-refractivity contribution >= 4 is 21.9 Å². The fourth-order valence-corrected chi connectivity index (χ4v) is 4.51. The van der Waals surface area contributed by atoms with Gasteiger partial charge in [0.15, 0.2) is 5.43 Å². The van der Waals surface area contributed by atoms with Gasteiger partial charge in [-0.3, -0.25) is 9.48 Å². The summed E-state index contributed by atoms with van der Waals surface area (Å²) in [7, 11) is 0. The molecule has 0 bridgehead atoms. The lowest BCUT2D eigenvalue weighted by atomic mass is 9.85. The first-order chi connectivity index (χ1) is 13.2. The van der Waals surface area contributed by atoms with Crippen molar-refractivity contribution < 1.29 is 0 Å². The van der Waals surface area contributed by atoms with Gasteiger partial charge in [-0.1, -0.05) is 0 Å². The predicted octanol–water partition coefficient (Wildman–Crippen LogP) is 3.81. The van der Waals surface area contributed by atoms with Gasteiger partial charge in [-0.05, 0) is 50.2 Å². The monoisotopic (exact) mass is 361 g/mol. The summed E-state index contributed by atoms with van der Waals surface area (Å²) in [5.41, 5.74) is 3.11. The average molecular weight is 361 g/mol. The maximum Gasteiger partial charge on any atom is 0.190 e. The molecule has 0 aromatic carbocycles. The molecule has 4 heterocycles. The third kappa shape index (κ3) is 2.85. The van der Waals surface area contributed by atoms with E-state index in [1.807, 2.05) is 24.7 Å². The SMILES string of the molecule is Cc1cnn(CC2CCC(n3ccc(=O)c4cnc5[nH]ccc5c43)CC2)c1. The van der Waals surface area contributed by atoms with Crippen molar-refractivity contribution in [2.75, 3.05) is 0 Å². The van der Waals surface area contributed by atoms with Crippen molar-refractivity contribution in [1.82, 2.24) is 24.3 Å². The third-order valence-corrected chi connectivity index (χ3v) is 5.89. The van der Waals surface area contributed by atoms with Gasteiger partial charge in [0, 0.05) is 48.8 Å². The zero-order valence-electron chi connectivity index (χ0n) is 15.4. The lowest BCUT2D eigenvalue weighted by molar-refractivity contribution is 0.250. The molecular weight excluding hydrogens is 338 g/mol. The maximum atomic E-state index is 12.4. The molecule has 1 aliphatic rings. The Balaban J connectivity index is 1.44. The highest BCUT2D eigenvalue weighted by molar-refractivity contribution is 6.02. The Morgan fingerprint density at radius 3 is 2.78 bits per heavy atom. The van der Waals surface area contributed by atoms with Gasteiger partial charge in [-0.25, -0.2) is 4.98 Å². The van der Waals surface area contributed by atoms with E-state index in [0.29, 0.717) is 17.3 Å². The largest absolute Gasteiger partial charge is 0.346 e. The van der Waals surface area contributed by atoms with Gasteiger partial charge in [0.05, 0.1) is 17.1 Å². The lowest BCUT2D eigenvalue weighted by Gasteiger charge is -2.31. The minimum absolute atomic E-state index is 0.0413. The van der Waals surface area contributed by atoms with Crippen LogP contribution in [0.2, 0.25) is 0 Å². The van der Waals surface area contributed by atoms with Crippen LogP contribution >= 0.6 is 0 Å². The minimum Gasteiger partial charge on any atom is -0.346 e. The van der Waals surface area contributed by atoms with E-state index in [4.69, 9.17) is 0 Å². The molecule has 1 aliphatic carbocycles. The first kappa shape index (κ1) is 16.3. The summed E-state index contributed by atoms with van der Waals surface area (Å²) in [5.74, 6) is 0.667. The van der Waals surface area contributed by atoms with Gasteiger partial charge in [-0.15, -0.1) is 0 Å². The second-order valence-electron chi connectivity index (χ2n) is 7.76. The standard InChI is InChI=1S/C21H23N5O/c1-14-10-24-25(12-14)13-15-2-4-16(5-3-15)26-9-7-19(27)18-11-23-21-17(20(18)26)6-8-22-21/h6-12,15-16H,2-5,13H2,1H3,(H,22,23). The highest BCUT2D eigenvalue weighted by atomic mass is 16.1. The van der Waals surface area contributed by atoms with Crippen LogP contribution in [-0.2, 0) is 6.54 Å². The van der Waals surface area contributed by atoms with Crippen LogP contribution in [0.3, 0.4) is 0 Å². The number of aryl methyl sites for hydroxylation is 1. The Morgan fingerprint density at radius 2 is 2.00 bits per heavy atom. The molecule has 0 aliphatic heterocycles. The van der Waals surface area contributed by atoms with E-state index in [1.54, 1.807) is 12.3 Å². The number of nitrogens with one attached hydrogen (secondary N) is 1. The Labute approximate surface area is 156 Å². The van der Waals surface area contributed by atoms with Crippen molar-refractivity contribution in [3.63, 3.8) is 0 Å². The Morgan fingerprint density at radius 1 is 1.15 bits per heavy atom. The molecule has 1 N–H and O–H groups in total. The van der Waals surface area contributed by atoms with Crippen LogP contribution in [-0.4, -0.2) is 24.3 Å². The van der Waals surface area contributed by atoms with Gasteiger partial charge >= 0.3 is 0 Å². The van der Waals surface area contributed by atoms with Crippen molar-refractivity contribution in [2.24, 2.45) is 5.92 Å². The molecule has 138 valence electrons. The second kappa shape index (κ2) is 6.37. The van der Waals surface area contributed by atoms with Gasteiger partial charge in [0.25, 0.3) is 0 Å². The number of aromatic nitrogens is 5. The molecule has 0 atom stereocenters. The van der Waals surface area contributed by atoms with Crippen LogP contribution in [0.5, 0.6) is 0 Å². The predicted molar refractivity (Wildman–Crippen MR) is 106 cm³/mol.